The van der Waals surface area contributed by atoms with Crippen molar-refractivity contribution in [1.29, 1.82) is 0 Å². The van der Waals surface area contributed by atoms with Crippen molar-refractivity contribution in [3.05, 3.63) is 34.6 Å². The number of rotatable bonds is 4. The molecule has 1 aromatic carbocycles. The van der Waals surface area contributed by atoms with Crippen LogP contribution in [0.25, 0.3) is 10.9 Å². The molecule has 26 heavy (non-hydrogen) atoms. The van der Waals surface area contributed by atoms with Gasteiger partial charge in [-0.25, -0.2) is 0 Å². The highest BCUT2D eigenvalue weighted by Crippen LogP contribution is 2.64. The van der Waals surface area contributed by atoms with E-state index in [2.05, 4.69) is 10.3 Å². The van der Waals surface area contributed by atoms with Crippen LogP contribution >= 0.6 is 0 Å². The Morgan fingerprint density at radius 3 is 2.65 bits per heavy atom. The Balaban J connectivity index is 1.68. The lowest BCUT2D eigenvalue weighted by molar-refractivity contribution is -0.128. The number of carbonyl (C=O) groups excluding carboxylic acids is 1. The minimum absolute atomic E-state index is 0.0390. The summed E-state index contributed by atoms with van der Waals surface area (Å²) in [6, 6.07) is 6.45. The lowest BCUT2D eigenvalue weighted by Gasteiger charge is -2.35. The van der Waals surface area contributed by atoms with E-state index in [0.29, 0.717) is 23.2 Å². The van der Waals surface area contributed by atoms with Crippen molar-refractivity contribution in [3.8, 4) is 0 Å². The smallest absolute Gasteiger partial charge is 0.299 e. The van der Waals surface area contributed by atoms with Gasteiger partial charge >= 0.3 is 15.7 Å². The van der Waals surface area contributed by atoms with Crippen LogP contribution in [-0.2, 0) is 14.9 Å². The molecular formula is C17H19N3O5S. The SMILES string of the molecule is CC1(C)C2CCC1(CS(=O)(=O)On1nnc3ccccc3c1=O)C(=O)C2. The summed E-state index contributed by atoms with van der Waals surface area (Å²) < 4.78 is 30.3. The summed E-state index contributed by atoms with van der Waals surface area (Å²) in [5.41, 5.74) is -1.75. The van der Waals surface area contributed by atoms with Crippen LogP contribution in [0.2, 0.25) is 0 Å². The number of nitrogens with zero attached hydrogens (tertiary/aromatic N) is 3. The third-order valence-electron chi connectivity index (χ3n) is 6.29. The molecule has 4 rings (SSSR count). The monoisotopic (exact) mass is 377 g/mol. The van der Waals surface area contributed by atoms with Crippen LogP contribution in [0.4, 0.5) is 0 Å². The number of Topliss-reactive ketones (excluding diaryl/α,β-unsaturated/α-hetero) is 1. The van der Waals surface area contributed by atoms with Crippen molar-refractivity contribution in [1.82, 2.24) is 15.2 Å². The highest BCUT2D eigenvalue weighted by atomic mass is 32.2. The average Bonchev–Trinajstić information content (AvgIpc) is 2.91. The number of aromatic nitrogens is 3. The Bertz CT molecular complexity index is 1080. The van der Waals surface area contributed by atoms with Gasteiger partial charge in [0.1, 0.15) is 17.1 Å². The lowest BCUT2D eigenvalue weighted by atomic mass is 9.70. The van der Waals surface area contributed by atoms with E-state index >= 15 is 0 Å². The van der Waals surface area contributed by atoms with Crippen molar-refractivity contribution in [2.24, 2.45) is 16.7 Å². The van der Waals surface area contributed by atoms with Crippen LogP contribution in [0.5, 0.6) is 0 Å². The summed E-state index contributed by atoms with van der Waals surface area (Å²) in [4.78, 5) is 25.3. The molecular weight excluding hydrogens is 358 g/mol. The van der Waals surface area contributed by atoms with E-state index in [-0.39, 0.29) is 17.1 Å². The number of carbonyl (C=O) groups is 1. The predicted octanol–water partition coefficient (Wildman–Crippen LogP) is 0.945. The molecule has 2 saturated carbocycles. The summed E-state index contributed by atoms with van der Waals surface area (Å²) in [7, 11) is -4.22. The first-order valence-corrected chi connectivity index (χ1v) is 10.0. The molecule has 0 spiro atoms. The summed E-state index contributed by atoms with van der Waals surface area (Å²) in [5, 5.41) is 7.56. The second-order valence-corrected chi connectivity index (χ2v) is 9.28. The predicted molar refractivity (Wildman–Crippen MR) is 92.7 cm³/mol. The zero-order valence-electron chi connectivity index (χ0n) is 14.5. The van der Waals surface area contributed by atoms with E-state index in [1.165, 1.54) is 6.07 Å². The summed E-state index contributed by atoms with van der Waals surface area (Å²) in [6.45, 7) is 3.88. The third-order valence-corrected chi connectivity index (χ3v) is 7.50. The minimum atomic E-state index is -4.22. The van der Waals surface area contributed by atoms with Crippen molar-refractivity contribution < 1.29 is 17.5 Å². The lowest BCUT2D eigenvalue weighted by Crippen LogP contribution is -2.45. The molecule has 0 radical (unpaired) electrons. The quantitative estimate of drug-likeness (QED) is 0.780. The topological polar surface area (TPSA) is 108 Å². The Morgan fingerprint density at radius 1 is 1.27 bits per heavy atom. The summed E-state index contributed by atoms with van der Waals surface area (Å²) >= 11 is 0. The van der Waals surface area contributed by atoms with Gasteiger partial charge in [0.2, 0.25) is 0 Å². The molecule has 2 aliphatic rings. The van der Waals surface area contributed by atoms with Gasteiger partial charge in [0, 0.05) is 6.42 Å². The molecule has 138 valence electrons. The minimum Gasteiger partial charge on any atom is -0.299 e. The highest BCUT2D eigenvalue weighted by molar-refractivity contribution is 7.86. The molecule has 2 aliphatic carbocycles. The number of fused-ring (bicyclic) bond motifs is 3. The molecule has 2 unspecified atom stereocenters. The van der Waals surface area contributed by atoms with Gasteiger partial charge in [-0.1, -0.05) is 26.0 Å². The zero-order valence-corrected chi connectivity index (χ0v) is 15.3. The maximum Gasteiger partial charge on any atom is 0.329 e. The van der Waals surface area contributed by atoms with Gasteiger partial charge < -0.3 is 0 Å². The molecule has 2 aromatic rings. The molecule has 2 bridgehead atoms. The van der Waals surface area contributed by atoms with Crippen molar-refractivity contribution >= 4 is 26.8 Å². The average molecular weight is 377 g/mol. The van der Waals surface area contributed by atoms with Gasteiger partial charge in [0.15, 0.2) is 0 Å². The molecule has 0 aliphatic heterocycles. The van der Waals surface area contributed by atoms with E-state index in [1.54, 1.807) is 18.2 Å². The van der Waals surface area contributed by atoms with Gasteiger partial charge in [-0.05, 0) is 46.4 Å². The standard InChI is InChI=1S/C17H19N3O5S/c1-16(2)11-7-8-17(16,14(21)9-11)10-26(23,24)25-20-15(22)12-5-3-4-6-13(12)18-19-20/h3-6,11H,7-10H2,1-2H3. The van der Waals surface area contributed by atoms with Crippen LogP contribution in [0.3, 0.4) is 0 Å². The van der Waals surface area contributed by atoms with E-state index in [4.69, 9.17) is 4.28 Å². The molecule has 9 heteroatoms. The van der Waals surface area contributed by atoms with Gasteiger partial charge in [-0.3, -0.25) is 13.9 Å². The van der Waals surface area contributed by atoms with Crippen LogP contribution in [0, 0.1) is 16.7 Å². The summed E-state index contributed by atoms with van der Waals surface area (Å²) in [5.74, 6) is -0.306. The molecule has 0 N–H and O–H groups in total. The first kappa shape index (κ1) is 17.1. The second-order valence-electron chi connectivity index (χ2n) is 7.73. The Labute approximate surface area is 150 Å². The Morgan fingerprint density at radius 2 is 2.00 bits per heavy atom. The van der Waals surface area contributed by atoms with E-state index in [1.807, 2.05) is 13.8 Å². The number of benzene rings is 1. The zero-order chi connectivity index (χ0) is 18.7. The van der Waals surface area contributed by atoms with E-state index in [0.717, 1.165) is 6.42 Å². The second kappa shape index (κ2) is 5.35. The first-order valence-electron chi connectivity index (χ1n) is 8.47. The largest absolute Gasteiger partial charge is 0.329 e. The van der Waals surface area contributed by atoms with Crippen LogP contribution in [0.15, 0.2) is 29.1 Å². The van der Waals surface area contributed by atoms with Gasteiger partial charge in [0.25, 0.3) is 0 Å². The van der Waals surface area contributed by atoms with Gasteiger partial charge in [-0.15, -0.1) is 5.10 Å². The maximum absolute atomic E-state index is 12.7. The van der Waals surface area contributed by atoms with Crippen molar-refractivity contribution in [3.63, 3.8) is 0 Å². The van der Waals surface area contributed by atoms with E-state index < -0.39 is 32.3 Å². The number of ketones is 1. The molecule has 0 saturated heterocycles. The molecule has 1 heterocycles. The fraction of sp³-hybridized carbons (Fsp3) is 0.529. The number of hydrogen-bond donors (Lipinski definition) is 0. The molecule has 1 aromatic heterocycles. The highest BCUT2D eigenvalue weighted by Gasteiger charge is 2.65. The normalized spacial score (nSPS) is 27.2. The van der Waals surface area contributed by atoms with Crippen LogP contribution < -0.4 is 9.84 Å². The van der Waals surface area contributed by atoms with Gasteiger partial charge in [-0.2, -0.15) is 8.42 Å². The molecule has 0 amide bonds. The summed E-state index contributed by atoms with van der Waals surface area (Å²) in [6.07, 6.45) is 1.74. The van der Waals surface area contributed by atoms with Gasteiger partial charge in [0.05, 0.1) is 10.8 Å². The first-order chi connectivity index (χ1) is 12.2. The molecule has 2 atom stereocenters. The van der Waals surface area contributed by atoms with E-state index in [9.17, 15) is 18.0 Å². The number of hydrogen-bond acceptors (Lipinski definition) is 7. The molecule has 2 fully saturated rings. The van der Waals surface area contributed by atoms with Crippen molar-refractivity contribution in [2.75, 3.05) is 5.75 Å². The maximum atomic E-state index is 12.7. The van der Waals surface area contributed by atoms with Crippen LogP contribution in [0.1, 0.15) is 33.1 Å². The molecule has 8 nitrogen and oxygen atoms in total. The fourth-order valence-electron chi connectivity index (χ4n) is 4.57. The Hall–Kier alpha value is -2.29. The van der Waals surface area contributed by atoms with Crippen molar-refractivity contribution in [2.45, 2.75) is 33.1 Å². The fourth-order valence-corrected chi connectivity index (χ4v) is 6.21. The van der Waals surface area contributed by atoms with Crippen LogP contribution in [-0.4, -0.2) is 35.1 Å². The third kappa shape index (κ3) is 2.29. The Kier molecular flexibility index (Phi) is 3.53.